The minimum absolute atomic E-state index is 0.0518. The molecule has 0 unspecified atom stereocenters. The summed E-state index contributed by atoms with van der Waals surface area (Å²) in [5.74, 6) is 0.288. The molecular weight excluding hydrogens is 254 g/mol. The standard InChI is InChI=1S/C13H12ClNOS/c14-8-7-13(16)15-11-5-2-1-4-10(11)12-6-3-9-17-12/h1-6,9H,7-8H2,(H,15,16). The van der Waals surface area contributed by atoms with Crippen molar-refractivity contribution in [2.75, 3.05) is 11.2 Å². The van der Waals surface area contributed by atoms with E-state index in [1.807, 2.05) is 41.8 Å². The van der Waals surface area contributed by atoms with Crippen molar-refractivity contribution in [2.24, 2.45) is 0 Å². The molecular formula is C13H12ClNOS. The third kappa shape index (κ3) is 3.08. The van der Waals surface area contributed by atoms with Gasteiger partial charge in [-0.3, -0.25) is 4.79 Å². The number of benzene rings is 1. The number of nitrogens with one attached hydrogen (secondary N) is 1. The lowest BCUT2D eigenvalue weighted by molar-refractivity contribution is -0.115. The highest BCUT2D eigenvalue weighted by Gasteiger charge is 2.08. The highest BCUT2D eigenvalue weighted by molar-refractivity contribution is 7.13. The molecule has 0 saturated carbocycles. The SMILES string of the molecule is O=C(CCCl)Nc1ccccc1-c1cccs1. The second kappa shape index (κ2) is 5.84. The number of hydrogen-bond acceptors (Lipinski definition) is 2. The van der Waals surface area contributed by atoms with E-state index >= 15 is 0 Å². The zero-order valence-electron chi connectivity index (χ0n) is 9.15. The molecule has 4 heteroatoms. The molecule has 0 bridgehead atoms. The summed E-state index contributed by atoms with van der Waals surface area (Å²) in [4.78, 5) is 12.7. The molecule has 17 heavy (non-hydrogen) atoms. The molecule has 2 rings (SSSR count). The van der Waals surface area contributed by atoms with Crippen LogP contribution in [0.15, 0.2) is 41.8 Å². The van der Waals surface area contributed by atoms with Crippen LogP contribution in [0.5, 0.6) is 0 Å². The van der Waals surface area contributed by atoms with Gasteiger partial charge >= 0.3 is 0 Å². The highest BCUT2D eigenvalue weighted by atomic mass is 35.5. The van der Waals surface area contributed by atoms with Crippen LogP contribution in [-0.4, -0.2) is 11.8 Å². The first kappa shape index (κ1) is 12.1. The molecule has 0 fully saturated rings. The molecule has 2 nitrogen and oxygen atoms in total. The Kier molecular flexibility index (Phi) is 4.18. The van der Waals surface area contributed by atoms with Crippen molar-refractivity contribution in [3.63, 3.8) is 0 Å². The van der Waals surface area contributed by atoms with Crippen LogP contribution in [0.3, 0.4) is 0 Å². The van der Waals surface area contributed by atoms with Crippen molar-refractivity contribution in [2.45, 2.75) is 6.42 Å². The summed E-state index contributed by atoms with van der Waals surface area (Å²) in [7, 11) is 0. The van der Waals surface area contributed by atoms with E-state index in [-0.39, 0.29) is 5.91 Å². The van der Waals surface area contributed by atoms with Gasteiger partial charge in [-0.05, 0) is 17.5 Å². The van der Waals surface area contributed by atoms with E-state index in [2.05, 4.69) is 5.32 Å². The molecule has 1 heterocycles. The zero-order chi connectivity index (χ0) is 12.1. The molecule has 0 aliphatic heterocycles. The zero-order valence-corrected chi connectivity index (χ0v) is 10.7. The predicted molar refractivity (Wildman–Crippen MR) is 73.7 cm³/mol. The number of alkyl halides is 1. The van der Waals surface area contributed by atoms with Gasteiger partial charge in [-0.15, -0.1) is 22.9 Å². The molecule has 1 aromatic carbocycles. The molecule has 0 aliphatic carbocycles. The summed E-state index contributed by atoms with van der Waals surface area (Å²) in [6, 6.07) is 11.8. The summed E-state index contributed by atoms with van der Waals surface area (Å²) in [6.45, 7) is 0. The number of carbonyl (C=O) groups excluding carboxylic acids is 1. The van der Waals surface area contributed by atoms with Crippen LogP contribution in [0.4, 0.5) is 5.69 Å². The van der Waals surface area contributed by atoms with Crippen molar-refractivity contribution in [3.8, 4) is 10.4 Å². The Morgan fingerprint density at radius 3 is 2.76 bits per heavy atom. The maximum atomic E-state index is 11.5. The first-order valence-corrected chi connectivity index (χ1v) is 6.71. The number of carbonyl (C=O) groups is 1. The van der Waals surface area contributed by atoms with Crippen molar-refractivity contribution >= 4 is 34.5 Å². The van der Waals surface area contributed by atoms with Crippen LogP contribution < -0.4 is 5.32 Å². The van der Waals surface area contributed by atoms with Crippen molar-refractivity contribution in [1.29, 1.82) is 0 Å². The lowest BCUT2D eigenvalue weighted by Gasteiger charge is -2.09. The van der Waals surface area contributed by atoms with Crippen molar-refractivity contribution in [3.05, 3.63) is 41.8 Å². The van der Waals surface area contributed by atoms with E-state index in [1.165, 1.54) is 0 Å². The first-order valence-electron chi connectivity index (χ1n) is 5.30. The van der Waals surface area contributed by atoms with Gasteiger partial charge in [0.1, 0.15) is 0 Å². The molecule has 2 aromatic rings. The average molecular weight is 266 g/mol. The van der Waals surface area contributed by atoms with Crippen LogP contribution in [0.25, 0.3) is 10.4 Å². The monoisotopic (exact) mass is 265 g/mol. The molecule has 0 saturated heterocycles. The smallest absolute Gasteiger partial charge is 0.225 e. The van der Waals surface area contributed by atoms with Crippen molar-refractivity contribution in [1.82, 2.24) is 0 Å². The molecule has 0 aliphatic rings. The molecule has 88 valence electrons. The van der Waals surface area contributed by atoms with Gasteiger partial charge in [0.05, 0.1) is 0 Å². The summed E-state index contributed by atoms with van der Waals surface area (Å²) in [5, 5.41) is 4.90. The molecule has 0 spiro atoms. The quantitative estimate of drug-likeness (QED) is 0.833. The Balaban J connectivity index is 2.25. The van der Waals surface area contributed by atoms with Crippen LogP contribution in [0, 0.1) is 0 Å². The third-order valence-electron chi connectivity index (χ3n) is 2.31. The topological polar surface area (TPSA) is 29.1 Å². The Bertz CT molecular complexity index is 496. The van der Waals surface area contributed by atoms with Gasteiger partial charge in [0, 0.05) is 28.4 Å². The Hall–Kier alpha value is -1.32. The predicted octanol–water partition coefficient (Wildman–Crippen LogP) is 3.98. The van der Waals surface area contributed by atoms with E-state index in [0.717, 1.165) is 16.1 Å². The normalized spacial score (nSPS) is 10.2. The summed E-state index contributed by atoms with van der Waals surface area (Å²) < 4.78 is 0. The molecule has 1 amide bonds. The number of thiophene rings is 1. The Labute approximate surface area is 109 Å². The van der Waals surface area contributed by atoms with Crippen LogP contribution >= 0.6 is 22.9 Å². The van der Waals surface area contributed by atoms with Gasteiger partial charge < -0.3 is 5.32 Å². The number of anilines is 1. The second-order valence-electron chi connectivity index (χ2n) is 3.51. The highest BCUT2D eigenvalue weighted by Crippen LogP contribution is 2.31. The largest absolute Gasteiger partial charge is 0.325 e. The fourth-order valence-corrected chi connectivity index (χ4v) is 2.47. The van der Waals surface area contributed by atoms with Gasteiger partial charge in [0.15, 0.2) is 0 Å². The van der Waals surface area contributed by atoms with Gasteiger partial charge in [-0.25, -0.2) is 0 Å². The molecule has 1 N–H and O–H groups in total. The van der Waals surface area contributed by atoms with Crippen LogP contribution in [0.1, 0.15) is 6.42 Å². The summed E-state index contributed by atoms with van der Waals surface area (Å²) >= 11 is 7.20. The lowest BCUT2D eigenvalue weighted by atomic mass is 10.1. The molecule has 0 atom stereocenters. The minimum atomic E-state index is -0.0518. The van der Waals surface area contributed by atoms with Gasteiger partial charge in [0.25, 0.3) is 0 Å². The fourth-order valence-electron chi connectivity index (χ4n) is 1.54. The molecule has 0 radical (unpaired) electrons. The van der Waals surface area contributed by atoms with E-state index in [9.17, 15) is 4.79 Å². The van der Waals surface area contributed by atoms with E-state index in [0.29, 0.717) is 12.3 Å². The summed E-state index contributed by atoms with van der Waals surface area (Å²) in [6.07, 6.45) is 0.334. The minimum Gasteiger partial charge on any atom is -0.325 e. The number of para-hydroxylation sites is 1. The number of rotatable bonds is 4. The number of halogens is 1. The van der Waals surface area contributed by atoms with E-state index < -0.39 is 0 Å². The van der Waals surface area contributed by atoms with Gasteiger partial charge in [-0.1, -0.05) is 24.3 Å². The number of amides is 1. The van der Waals surface area contributed by atoms with Gasteiger partial charge in [0.2, 0.25) is 5.91 Å². The van der Waals surface area contributed by atoms with Crippen LogP contribution in [-0.2, 0) is 4.79 Å². The first-order chi connectivity index (χ1) is 8.31. The van der Waals surface area contributed by atoms with Crippen LogP contribution in [0.2, 0.25) is 0 Å². The molecule has 1 aromatic heterocycles. The third-order valence-corrected chi connectivity index (χ3v) is 3.40. The Morgan fingerprint density at radius 2 is 2.06 bits per heavy atom. The lowest BCUT2D eigenvalue weighted by Crippen LogP contribution is -2.12. The average Bonchev–Trinajstić information content (AvgIpc) is 2.83. The summed E-state index contributed by atoms with van der Waals surface area (Å²) in [5.41, 5.74) is 1.88. The number of hydrogen-bond donors (Lipinski definition) is 1. The van der Waals surface area contributed by atoms with Gasteiger partial charge in [-0.2, -0.15) is 0 Å². The Morgan fingerprint density at radius 1 is 1.24 bits per heavy atom. The maximum Gasteiger partial charge on any atom is 0.225 e. The maximum absolute atomic E-state index is 11.5. The fraction of sp³-hybridized carbons (Fsp3) is 0.154. The van der Waals surface area contributed by atoms with E-state index in [1.54, 1.807) is 11.3 Å². The van der Waals surface area contributed by atoms with E-state index in [4.69, 9.17) is 11.6 Å². The van der Waals surface area contributed by atoms with Crippen molar-refractivity contribution < 1.29 is 4.79 Å². The second-order valence-corrected chi connectivity index (χ2v) is 4.84.